The number of nitrogen functional groups attached to an aromatic ring is 1. The van der Waals surface area contributed by atoms with Gasteiger partial charge in [0.2, 0.25) is 0 Å². The Morgan fingerprint density at radius 2 is 2.39 bits per heavy atom. The van der Waals surface area contributed by atoms with Gasteiger partial charge in [0.25, 0.3) is 0 Å². The van der Waals surface area contributed by atoms with Crippen LogP contribution in [0.5, 0.6) is 0 Å². The number of fused-ring (bicyclic) bond motifs is 1. The van der Waals surface area contributed by atoms with Gasteiger partial charge in [0, 0.05) is 32.1 Å². The van der Waals surface area contributed by atoms with Gasteiger partial charge in [-0.25, -0.2) is 9.97 Å². The SMILES string of the molecule is CC1CN(c2nc(N)cn3ccnc23)CCCO1. The molecule has 18 heavy (non-hydrogen) atoms. The minimum atomic E-state index is 0.200. The molecule has 6 heteroatoms. The maximum absolute atomic E-state index is 5.85. The Balaban J connectivity index is 2.03. The number of aromatic nitrogens is 3. The fraction of sp³-hybridized carbons (Fsp3) is 0.500. The van der Waals surface area contributed by atoms with Crippen molar-refractivity contribution in [1.29, 1.82) is 0 Å². The Morgan fingerprint density at radius 1 is 1.50 bits per heavy atom. The molecule has 96 valence electrons. The Labute approximate surface area is 105 Å². The van der Waals surface area contributed by atoms with Crippen molar-refractivity contribution in [1.82, 2.24) is 14.4 Å². The first-order valence-corrected chi connectivity index (χ1v) is 6.20. The van der Waals surface area contributed by atoms with Crippen LogP contribution in [0.1, 0.15) is 13.3 Å². The van der Waals surface area contributed by atoms with Crippen LogP contribution in [0.2, 0.25) is 0 Å². The summed E-state index contributed by atoms with van der Waals surface area (Å²) in [5, 5.41) is 0. The lowest BCUT2D eigenvalue weighted by Crippen LogP contribution is -2.31. The fourth-order valence-electron chi connectivity index (χ4n) is 2.33. The van der Waals surface area contributed by atoms with Crippen LogP contribution in [0.3, 0.4) is 0 Å². The Bertz CT molecular complexity index is 552. The number of hydrogen-bond donors (Lipinski definition) is 1. The standard InChI is InChI=1S/C12H17N5O/c1-9-7-16(4-2-6-18-9)12-11-14-3-5-17(11)8-10(13)15-12/h3,5,8-9H,2,4,6-7,13H2,1H3. The smallest absolute Gasteiger partial charge is 0.180 e. The minimum Gasteiger partial charge on any atom is -0.382 e. The molecule has 0 aliphatic carbocycles. The summed E-state index contributed by atoms with van der Waals surface area (Å²) in [5.41, 5.74) is 6.69. The highest BCUT2D eigenvalue weighted by Gasteiger charge is 2.19. The molecule has 1 atom stereocenters. The van der Waals surface area contributed by atoms with E-state index in [1.54, 1.807) is 12.4 Å². The molecule has 1 fully saturated rings. The number of nitrogens with two attached hydrogens (primary N) is 1. The second-order valence-electron chi connectivity index (χ2n) is 4.63. The third-order valence-electron chi connectivity index (χ3n) is 3.13. The van der Waals surface area contributed by atoms with E-state index in [1.165, 1.54) is 0 Å². The zero-order valence-corrected chi connectivity index (χ0v) is 10.4. The van der Waals surface area contributed by atoms with E-state index in [0.29, 0.717) is 5.82 Å². The molecular formula is C12H17N5O. The second kappa shape index (κ2) is 4.45. The second-order valence-corrected chi connectivity index (χ2v) is 4.63. The highest BCUT2D eigenvalue weighted by Crippen LogP contribution is 2.21. The molecular weight excluding hydrogens is 230 g/mol. The molecule has 0 aromatic carbocycles. The molecule has 0 saturated carbocycles. The third-order valence-corrected chi connectivity index (χ3v) is 3.13. The third kappa shape index (κ3) is 1.99. The Hall–Kier alpha value is -1.82. The van der Waals surface area contributed by atoms with E-state index in [-0.39, 0.29) is 6.10 Å². The topological polar surface area (TPSA) is 68.7 Å². The van der Waals surface area contributed by atoms with Crippen LogP contribution in [0, 0.1) is 0 Å². The fourth-order valence-corrected chi connectivity index (χ4v) is 2.33. The largest absolute Gasteiger partial charge is 0.382 e. The molecule has 0 amide bonds. The first kappa shape index (κ1) is 11.3. The summed E-state index contributed by atoms with van der Waals surface area (Å²) < 4.78 is 7.56. The van der Waals surface area contributed by atoms with Crippen LogP contribution in [0.25, 0.3) is 5.65 Å². The van der Waals surface area contributed by atoms with Gasteiger partial charge in [-0.3, -0.25) is 0 Å². The van der Waals surface area contributed by atoms with E-state index in [0.717, 1.165) is 37.6 Å². The molecule has 2 aromatic rings. The average Bonchev–Trinajstić information content (AvgIpc) is 2.69. The van der Waals surface area contributed by atoms with Gasteiger partial charge in [0.05, 0.1) is 12.3 Å². The van der Waals surface area contributed by atoms with Crippen LogP contribution in [0.4, 0.5) is 11.6 Å². The first-order valence-electron chi connectivity index (χ1n) is 6.20. The van der Waals surface area contributed by atoms with Crippen molar-refractivity contribution < 1.29 is 4.74 Å². The van der Waals surface area contributed by atoms with Crippen LogP contribution in [-0.4, -0.2) is 40.2 Å². The molecule has 0 radical (unpaired) electrons. The summed E-state index contributed by atoms with van der Waals surface area (Å²) in [6.07, 6.45) is 6.62. The highest BCUT2D eigenvalue weighted by molar-refractivity contribution is 5.66. The molecule has 2 aromatic heterocycles. The van der Waals surface area contributed by atoms with Gasteiger partial charge >= 0.3 is 0 Å². The molecule has 2 N–H and O–H groups in total. The van der Waals surface area contributed by atoms with Gasteiger partial charge in [-0.15, -0.1) is 0 Å². The highest BCUT2D eigenvalue weighted by atomic mass is 16.5. The van der Waals surface area contributed by atoms with Gasteiger partial charge in [-0.1, -0.05) is 0 Å². The predicted molar refractivity (Wildman–Crippen MR) is 69.6 cm³/mol. The Morgan fingerprint density at radius 3 is 3.28 bits per heavy atom. The quantitative estimate of drug-likeness (QED) is 0.811. The summed E-state index contributed by atoms with van der Waals surface area (Å²) in [5.74, 6) is 1.35. The van der Waals surface area contributed by atoms with Crippen molar-refractivity contribution in [2.24, 2.45) is 0 Å². The van der Waals surface area contributed by atoms with Crippen LogP contribution in [-0.2, 0) is 4.74 Å². The first-order chi connectivity index (χ1) is 8.74. The van der Waals surface area contributed by atoms with Crippen molar-refractivity contribution in [3.05, 3.63) is 18.6 Å². The molecule has 1 saturated heterocycles. The molecule has 1 aliphatic rings. The Kier molecular flexibility index (Phi) is 2.79. The zero-order chi connectivity index (χ0) is 12.5. The predicted octanol–water partition coefficient (Wildman–Crippen LogP) is 0.927. The molecule has 3 rings (SSSR count). The van der Waals surface area contributed by atoms with Crippen LogP contribution in [0.15, 0.2) is 18.6 Å². The average molecular weight is 247 g/mol. The minimum absolute atomic E-state index is 0.200. The molecule has 1 aliphatic heterocycles. The van der Waals surface area contributed by atoms with Gasteiger partial charge in [0.1, 0.15) is 5.82 Å². The van der Waals surface area contributed by atoms with Gasteiger partial charge < -0.3 is 19.8 Å². The number of nitrogens with zero attached hydrogens (tertiary/aromatic N) is 4. The van der Waals surface area contributed by atoms with Crippen molar-refractivity contribution in [3.8, 4) is 0 Å². The lowest BCUT2D eigenvalue weighted by atomic mass is 10.3. The lowest BCUT2D eigenvalue weighted by molar-refractivity contribution is 0.0820. The monoisotopic (exact) mass is 247 g/mol. The van der Waals surface area contributed by atoms with E-state index >= 15 is 0 Å². The summed E-state index contributed by atoms with van der Waals surface area (Å²) in [6.45, 7) is 4.61. The van der Waals surface area contributed by atoms with Crippen molar-refractivity contribution in [3.63, 3.8) is 0 Å². The van der Waals surface area contributed by atoms with E-state index in [9.17, 15) is 0 Å². The summed E-state index contributed by atoms with van der Waals surface area (Å²) in [4.78, 5) is 11.0. The van der Waals surface area contributed by atoms with Gasteiger partial charge in [-0.2, -0.15) is 0 Å². The van der Waals surface area contributed by atoms with Crippen molar-refractivity contribution in [2.45, 2.75) is 19.4 Å². The molecule has 0 bridgehead atoms. The maximum atomic E-state index is 5.85. The van der Waals surface area contributed by atoms with Crippen molar-refractivity contribution >= 4 is 17.3 Å². The van der Waals surface area contributed by atoms with Gasteiger partial charge in [0.15, 0.2) is 11.5 Å². The van der Waals surface area contributed by atoms with E-state index in [1.807, 2.05) is 10.6 Å². The van der Waals surface area contributed by atoms with E-state index in [2.05, 4.69) is 21.8 Å². The van der Waals surface area contributed by atoms with E-state index < -0.39 is 0 Å². The van der Waals surface area contributed by atoms with Gasteiger partial charge in [-0.05, 0) is 13.3 Å². The van der Waals surface area contributed by atoms with Crippen LogP contribution < -0.4 is 10.6 Å². The summed E-state index contributed by atoms with van der Waals surface area (Å²) in [6, 6.07) is 0. The zero-order valence-electron chi connectivity index (χ0n) is 10.4. The number of ether oxygens (including phenoxy) is 1. The molecule has 1 unspecified atom stereocenters. The normalized spacial score (nSPS) is 21.2. The number of rotatable bonds is 1. The van der Waals surface area contributed by atoms with E-state index in [4.69, 9.17) is 10.5 Å². The van der Waals surface area contributed by atoms with Crippen LogP contribution >= 0.6 is 0 Å². The number of hydrogen-bond acceptors (Lipinski definition) is 5. The number of anilines is 2. The van der Waals surface area contributed by atoms with Crippen molar-refractivity contribution in [2.75, 3.05) is 30.3 Å². The molecule has 3 heterocycles. The molecule has 6 nitrogen and oxygen atoms in total. The number of imidazole rings is 1. The maximum Gasteiger partial charge on any atom is 0.180 e. The summed E-state index contributed by atoms with van der Waals surface area (Å²) >= 11 is 0. The molecule has 0 spiro atoms. The summed E-state index contributed by atoms with van der Waals surface area (Å²) in [7, 11) is 0. The lowest BCUT2D eigenvalue weighted by Gasteiger charge is -2.23.